The summed E-state index contributed by atoms with van der Waals surface area (Å²) < 4.78 is 5.53. The van der Waals surface area contributed by atoms with E-state index >= 15 is 0 Å². The van der Waals surface area contributed by atoms with Crippen molar-refractivity contribution in [2.45, 2.75) is 20.0 Å². The number of nitro groups is 1. The maximum Gasteiger partial charge on any atom is 0.311 e. The van der Waals surface area contributed by atoms with Gasteiger partial charge < -0.3 is 15.8 Å². The van der Waals surface area contributed by atoms with Crippen LogP contribution < -0.4 is 15.8 Å². The van der Waals surface area contributed by atoms with E-state index in [1.54, 1.807) is 24.3 Å². The Labute approximate surface area is 121 Å². The molecule has 21 heavy (non-hydrogen) atoms. The summed E-state index contributed by atoms with van der Waals surface area (Å²) in [7, 11) is 0. The highest BCUT2D eigenvalue weighted by Gasteiger charge is 2.15. The summed E-state index contributed by atoms with van der Waals surface area (Å²) in [6.45, 7) is 3.87. The summed E-state index contributed by atoms with van der Waals surface area (Å²) in [5, 5.41) is 13.9. The third kappa shape index (κ3) is 3.82. The second kappa shape index (κ2) is 6.08. The third-order valence-corrected chi connectivity index (χ3v) is 2.58. The van der Waals surface area contributed by atoms with Crippen molar-refractivity contribution in [2.24, 2.45) is 0 Å². The minimum Gasteiger partial charge on any atom is -0.491 e. The Kier molecular flexibility index (Phi) is 4.22. The first kappa shape index (κ1) is 14.6. The number of nitrogens with one attached hydrogen (secondary N) is 1. The molecule has 0 saturated carbocycles. The normalized spacial score (nSPS) is 10.4. The topological polar surface area (TPSA) is 103 Å². The maximum absolute atomic E-state index is 11.0. The van der Waals surface area contributed by atoms with Crippen molar-refractivity contribution >= 4 is 23.0 Å². The number of nitrogen functional groups attached to an aromatic ring is 1. The van der Waals surface area contributed by atoms with Gasteiger partial charge in [-0.25, -0.2) is 4.98 Å². The standard InChI is InChI=1S/C14H16N4O3/c1-9(2)21-11-5-3-10(4-6-11)16-14-12(18(19)20)7-8-13(15)17-14/h3-9H,1-2H3,(H3,15,16,17). The number of rotatable bonds is 5. The van der Waals surface area contributed by atoms with Gasteiger partial charge in [0.2, 0.25) is 5.82 Å². The lowest BCUT2D eigenvalue weighted by Gasteiger charge is -2.11. The molecule has 0 saturated heterocycles. The number of anilines is 3. The molecule has 0 spiro atoms. The van der Waals surface area contributed by atoms with Gasteiger partial charge in [-0.15, -0.1) is 0 Å². The number of hydrogen-bond acceptors (Lipinski definition) is 6. The number of hydrogen-bond donors (Lipinski definition) is 2. The van der Waals surface area contributed by atoms with Crippen LogP contribution in [-0.2, 0) is 0 Å². The smallest absolute Gasteiger partial charge is 0.311 e. The van der Waals surface area contributed by atoms with Crippen LogP contribution in [0.1, 0.15) is 13.8 Å². The lowest BCUT2D eigenvalue weighted by molar-refractivity contribution is -0.384. The number of aromatic nitrogens is 1. The summed E-state index contributed by atoms with van der Waals surface area (Å²) in [4.78, 5) is 14.4. The molecular formula is C14H16N4O3. The summed E-state index contributed by atoms with van der Waals surface area (Å²) in [5.41, 5.74) is 6.09. The van der Waals surface area contributed by atoms with E-state index in [0.717, 1.165) is 5.75 Å². The number of nitrogens with zero attached hydrogens (tertiary/aromatic N) is 2. The van der Waals surface area contributed by atoms with Gasteiger partial charge in [0.05, 0.1) is 11.0 Å². The van der Waals surface area contributed by atoms with E-state index in [1.165, 1.54) is 12.1 Å². The Bertz CT molecular complexity index is 641. The second-order valence-electron chi connectivity index (χ2n) is 4.68. The zero-order valence-electron chi connectivity index (χ0n) is 11.7. The van der Waals surface area contributed by atoms with Crippen LogP contribution in [-0.4, -0.2) is 16.0 Å². The van der Waals surface area contributed by atoms with Gasteiger partial charge in [-0.3, -0.25) is 10.1 Å². The Morgan fingerprint density at radius 1 is 1.24 bits per heavy atom. The maximum atomic E-state index is 11.0. The molecule has 0 fully saturated rings. The van der Waals surface area contributed by atoms with Gasteiger partial charge in [-0.05, 0) is 44.2 Å². The first-order chi connectivity index (χ1) is 9.95. The van der Waals surface area contributed by atoms with Crippen LogP contribution in [0.3, 0.4) is 0 Å². The summed E-state index contributed by atoms with van der Waals surface area (Å²) in [6, 6.07) is 9.78. The van der Waals surface area contributed by atoms with Gasteiger partial charge in [0, 0.05) is 11.8 Å². The van der Waals surface area contributed by atoms with Crippen molar-refractivity contribution in [1.82, 2.24) is 4.98 Å². The summed E-state index contributed by atoms with van der Waals surface area (Å²) in [5.74, 6) is 1.05. The van der Waals surface area contributed by atoms with Crippen LogP contribution in [0.15, 0.2) is 36.4 Å². The molecule has 1 heterocycles. The molecule has 2 aromatic rings. The molecule has 0 aliphatic heterocycles. The van der Waals surface area contributed by atoms with Crippen molar-refractivity contribution in [1.29, 1.82) is 0 Å². The average molecular weight is 288 g/mol. The van der Waals surface area contributed by atoms with Crippen LogP contribution in [0.4, 0.5) is 23.0 Å². The van der Waals surface area contributed by atoms with Gasteiger partial charge in [0.15, 0.2) is 0 Å². The fourth-order valence-corrected chi connectivity index (χ4v) is 1.73. The first-order valence-corrected chi connectivity index (χ1v) is 6.40. The van der Waals surface area contributed by atoms with E-state index in [9.17, 15) is 10.1 Å². The van der Waals surface area contributed by atoms with Crippen molar-refractivity contribution in [2.75, 3.05) is 11.1 Å². The van der Waals surface area contributed by atoms with E-state index in [0.29, 0.717) is 5.69 Å². The predicted octanol–water partition coefficient (Wildman–Crippen LogP) is 3.10. The molecule has 2 rings (SSSR count). The average Bonchev–Trinajstić information content (AvgIpc) is 2.40. The molecule has 0 radical (unpaired) electrons. The van der Waals surface area contributed by atoms with Crippen LogP contribution >= 0.6 is 0 Å². The van der Waals surface area contributed by atoms with Crippen LogP contribution in [0, 0.1) is 10.1 Å². The quantitative estimate of drug-likeness (QED) is 0.647. The second-order valence-corrected chi connectivity index (χ2v) is 4.68. The molecule has 0 aliphatic rings. The predicted molar refractivity (Wildman–Crippen MR) is 80.8 cm³/mol. The molecule has 1 aromatic carbocycles. The zero-order valence-corrected chi connectivity index (χ0v) is 11.7. The molecule has 0 bridgehead atoms. The van der Waals surface area contributed by atoms with Crippen LogP contribution in [0.5, 0.6) is 5.75 Å². The Balaban J connectivity index is 2.22. The first-order valence-electron chi connectivity index (χ1n) is 6.40. The highest BCUT2D eigenvalue weighted by molar-refractivity contribution is 5.67. The van der Waals surface area contributed by atoms with E-state index in [4.69, 9.17) is 10.5 Å². The highest BCUT2D eigenvalue weighted by atomic mass is 16.6. The zero-order chi connectivity index (χ0) is 15.4. The molecule has 0 amide bonds. The van der Waals surface area contributed by atoms with Crippen LogP contribution in [0.25, 0.3) is 0 Å². The molecular weight excluding hydrogens is 272 g/mol. The lowest BCUT2D eigenvalue weighted by atomic mass is 10.3. The van der Waals surface area contributed by atoms with Gasteiger partial charge in [-0.2, -0.15) is 0 Å². The number of ether oxygens (including phenoxy) is 1. The monoisotopic (exact) mass is 288 g/mol. The van der Waals surface area contributed by atoms with E-state index in [-0.39, 0.29) is 23.4 Å². The fourth-order valence-electron chi connectivity index (χ4n) is 1.73. The number of nitrogens with two attached hydrogens (primary N) is 1. The van der Waals surface area contributed by atoms with Gasteiger partial charge in [0.25, 0.3) is 0 Å². The molecule has 110 valence electrons. The summed E-state index contributed by atoms with van der Waals surface area (Å²) >= 11 is 0. The van der Waals surface area contributed by atoms with Crippen molar-refractivity contribution in [3.05, 3.63) is 46.5 Å². The van der Waals surface area contributed by atoms with E-state index < -0.39 is 4.92 Å². The van der Waals surface area contributed by atoms with Crippen molar-refractivity contribution in [3.63, 3.8) is 0 Å². The lowest BCUT2D eigenvalue weighted by Crippen LogP contribution is -2.05. The molecule has 0 unspecified atom stereocenters. The van der Waals surface area contributed by atoms with Gasteiger partial charge in [0.1, 0.15) is 11.6 Å². The molecule has 1 aromatic heterocycles. The Morgan fingerprint density at radius 3 is 2.48 bits per heavy atom. The van der Waals surface area contributed by atoms with Crippen molar-refractivity contribution in [3.8, 4) is 5.75 Å². The fraction of sp³-hybridized carbons (Fsp3) is 0.214. The van der Waals surface area contributed by atoms with Crippen molar-refractivity contribution < 1.29 is 9.66 Å². The molecule has 7 nitrogen and oxygen atoms in total. The van der Waals surface area contributed by atoms with E-state index in [2.05, 4.69) is 10.3 Å². The van der Waals surface area contributed by atoms with E-state index in [1.807, 2.05) is 13.8 Å². The molecule has 7 heteroatoms. The molecule has 3 N–H and O–H groups in total. The SMILES string of the molecule is CC(C)Oc1ccc(Nc2nc(N)ccc2[N+](=O)[O-])cc1. The number of pyridine rings is 1. The highest BCUT2D eigenvalue weighted by Crippen LogP contribution is 2.27. The van der Waals surface area contributed by atoms with Gasteiger partial charge >= 0.3 is 5.69 Å². The molecule has 0 atom stereocenters. The Hall–Kier alpha value is -2.83. The van der Waals surface area contributed by atoms with Gasteiger partial charge in [-0.1, -0.05) is 0 Å². The molecule has 0 aliphatic carbocycles. The minimum absolute atomic E-state index is 0.0838. The minimum atomic E-state index is -0.509. The largest absolute Gasteiger partial charge is 0.491 e. The van der Waals surface area contributed by atoms with Crippen LogP contribution in [0.2, 0.25) is 0 Å². The summed E-state index contributed by atoms with van der Waals surface area (Å²) in [6.07, 6.45) is 0.0838. The Morgan fingerprint density at radius 2 is 1.90 bits per heavy atom. The third-order valence-electron chi connectivity index (χ3n) is 2.58. The number of benzene rings is 1.